The van der Waals surface area contributed by atoms with E-state index < -0.39 is 24.1 Å². The number of hydrogen-bond acceptors (Lipinski definition) is 8. The number of aromatic nitrogens is 3. The van der Waals surface area contributed by atoms with Gasteiger partial charge in [-0.25, -0.2) is 13.8 Å². The molecule has 256 valence electrons. The molecule has 4 aromatic rings. The molecule has 3 fully saturated rings. The Labute approximate surface area is 280 Å². The first kappa shape index (κ1) is 32.1. The molecule has 0 amide bonds. The number of pyridine rings is 1. The van der Waals surface area contributed by atoms with E-state index in [-0.39, 0.29) is 34.2 Å². The second-order valence-corrected chi connectivity index (χ2v) is 13.7. The predicted molar refractivity (Wildman–Crippen MR) is 174 cm³/mol. The van der Waals surface area contributed by atoms with E-state index in [2.05, 4.69) is 30.8 Å². The Morgan fingerprint density at radius 2 is 1.82 bits per heavy atom. The minimum atomic E-state index is -4.63. The minimum Gasteiger partial charge on any atom is -0.463 e. The number of halogens is 5. The van der Waals surface area contributed by atoms with Crippen LogP contribution in [0.25, 0.3) is 32.9 Å². The van der Waals surface area contributed by atoms with Crippen LogP contribution in [0.15, 0.2) is 30.3 Å². The van der Waals surface area contributed by atoms with E-state index in [9.17, 15) is 17.6 Å². The second kappa shape index (κ2) is 12.3. The fourth-order valence-electron chi connectivity index (χ4n) is 7.72. The summed E-state index contributed by atoms with van der Waals surface area (Å²) >= 11 is 0. The summed E-state index contributed by atoms with van der Waals surface area (Å²) in [6.07, 6.45) is 4.03. The molecular weight excluding hydrogens is 643 g/mol. The van der Waals surface area contributed by atoms with Crippen LogP contribution in [0, 0.1) is 29.4 Å². The van der Waals surface area contributed by atoms with Crippen LogP contribution >= 0.6 is 0 Å². The molecule has 0 bridgehead atoms. The molecule has 8 rings (SSSR count). The van der Waals surface area contributed by atoms with Crippen LogP contribution in [-0.2, 0) is 11.2 Å². The van der Waals surface area contributed by atoms with Gasteiger partial charge in [0.2, 0.25) is 0 Å². The van der Waals surface area contributed by atoms with Crippen molar-refractivity contribution in [2.75, 3.05) is 50.8 Å². The minimum absolute atomic E-state index is 0.0420. The number of likely N-dealkylation sites (tertiary alicyclic amines) is 1. The van der Waals surface area contributed by atoms with E-state index in [0.29, 0.717) is 85.3 Å². The van der Waals surface area contributed by atoms with Crippen molar-refractivity contribution < 1.29 is 31.4 Å². The van der Waals surface area contributed by atoms with E-state index in [0.717, 1.165) is 32.4 Å². The van der Waals surface area contributed by atoms with Gasteiger partial charge in [-0.15, -0.1) is 19.6 Å². The zero-order valence-electron chi connectivity index (χ0n) is 26.8. The van der Waals surface area contributed by atoms with Gasteiger partial charge < -0.3 is 19.9 Å². The number of aryl methyl sites for hydroxylation is 1. The number of benzene rings is 2. The van der Waals surface area contributed by atoms with Crippen molar-refractivity contribution in [3.63, 3.8) is 0 Å². The van der Waals surface area contributed by atoms with Gasteiger partial charge in [0, 0.05) is 61.7 Å². The maximum atomic E-state index is 16.9. The first-order chi connectivity index (χ1) is 23.6. The van der Waals surface area contributed by atoms with Crippen molar-refractivity contribution in [1.29, 1.82) is 0 Å². The number of nitrogens with zero attached hydrogens (tertiary/aromatic N) is 5. The lowest BCUT2D eigenvalue weighted by atomic mass is 9.95. The van der Waals surface area contributed by atoms with Gasteiger partial charge in [0.25, 0.3) is 0 Å². The van der Waals surface area contributed by atoms with Crippen LogP contribution in [-0.4, -0.2) is 84.2 Å². The summed E-state index contributed by atoms with van der Waals surface area (Å²) in [6.45, 7) is 4.14. The Hall–Kier alpha value is -4.12. The van der Waals surface area contributed by atoms with Gasteiger partial charge in [0.1, 0.15) is 22.8 Å². The maximum Gasteiger partial charge on any atom is 0.522 e. The number of piperazine rings is 1. The van der Waals surface area contributed by atoms with Gasteiger partial charge in [-0.1, -0.05) is 30.2 Å². The third-order valence-corrected chi connectivity index (χ3v) is 10.4. The molecule has 1 unspecified atom stereocenters. The molecule has 2 saturated heterocycles. The normalized spacial score (nSPS) is 21.0. The Morgan fingerprint density at radius 1 is 1.00 bits per heavy atom. The molecule has 5 heterocycles. The highest BCUT2D eigenvalue weighted by molar-refractivity contribution is 6.02. The van der Waals surface area contributed by atoms with Crippen molar-refractivity contribution in [3.05, 3.63) is 53.2 Å². The first-order valence-electron chi connectivity index (χ1n) is 16.8. The van der Waals surface area contributed by atoms with Crippen molar-refractivity contribution in [3.8, 4) is 29.6 Å². The molecule has 1 saturated carbocycles. The summed E-state index contributed by atoms with van der Waals surface area (Å²) in [4.78, 5) is 18.8. The fraction of sp³-hybridized carbons (Fsp3) is 0.472. The average molecular weight is 679 g/mol. The topological polar surface area (TPSA) is 75.6 Å². The molecule has 1 atom stereocenters. The highest BCUT2D eigenvalue weighted by Crippen LogP contribution is 2.47. The van der Waals surface area contributed by atoms with E-state index in [1.54, 1.807) is 24.3 Å². The molecule has 0 radical (unpaired) electrons. The van der Waals surface area contributed by atoms with E-state index in [1.807, 2.05) is 0 Å². The van der Waals surface area contributed by atoms with Crippen LogP contribution in [0.3, 0.4) is 0 Å². The maximum absolute atomic E-state index is 16.9. The van der Waals surface area contributed by atoms with Crippen LogP contribution in [0.5, 0.6) is 6.01 Å². The molecule has 13 heteroatoms. The third kappa shape index (κ3) is 6.15. The zero-order chi connectivity index (χ0) is 33.9. The Morgan fingerprint density at radius 3 is 2.57 bits per heavy atom. The van der Waals surface area contributed by atoms with Crippen molar-refractivity contribution >= 4 is 27.5 Å². The molecule has 1 aliphatic carbocycles. The standard InChI is InChI=1S/C36H35F5N6O2/c1-2-24-26(37)8-6-21-4-3-5-25(28(21)24)31-30(38)32-29-27(43-31)9-7-22-18-42-14-17-47(22)33(29)45-34(44-32)48-20-35(12-13-35)19-46-15-10-23(11-16-46)49-36(39,40)41/h1,3-6,8,22-23,42H,7,9-20H2. The summed E-state index contributed by atoms with van der Waals surface area (Å²) in [5.74, 6) is 1.80. The lowest BCUT2D eigenvalue weighted by Crippen LogP contribution is -2.51. The van der Waals surface area contributed by atoms with Crippen LogP contribution < -0.4 is 15.0 Å². The molecular formula is C36H35F5N6O2. The number of rotatable bonds is 7. The summed E-state index contributed by atoms with van der Waals surface area (Å²) in [5, 5.41) is 5.07. The number of hydrogen-bond donors (Lipinski definition) is 1. The number of alkyl halides is 3. The van der Waals surface area contributed by atoms with Crippen LogP contribution in [0.2, 0.25) is 0 Å². The van der Waals surface area contributed by atoms with E-state index >= 15 is 4.39 Å². The van der Waals surface area contributed by atoms with Gasteiger partial charge in [0.15, 0.2) is 5.82 Å². The number of piperidine rings is 1. The number of ether oxygens (including phenoxy) is 2. The Bertz CT molecular complexity index is 1970. The van der Waals surface area contributed by atoms with Gasteiger partial charge >= 0.3 is 12.4 Å². The molecule has 0 spiro atoms. The number of nitrogens with one attached hydrogen (secondary N) is 1. The highest BCUT2D eigenvalue weighted by atomic mass is 19.4. The lowest BCUT2D eigenvalue weighted by Gasteiger charge is -2.36. The van der Waals surface area contributed by atoms with Gasteiger partial charge in [-0.2, -0.15) is 9.97 Å². The molecule has 49 heavy (non-hydrogen) atoms. The van der Waals surface area contributed by atoms with Gasteiger partial charge in [-0.3, -0.25) is 4.74 Å². The second-order valence-electron chi connectivity index (χ2n) is 13.7. The largest absolute Gasteiger partial charge is 0.522 e. The van der Waals surface area contributed by atoms with E-state index in [4.69, 9.17) is 21.1 Å². The number of anilines is 1. The van der Waals surface area contributed by atoms with Crippen molar-refractivity contribution in [2.24, 2.45) is 5.41 Å². The predicted octanol–water partition coefficient (Wildman–Crippen LogP) is 5.99. The molecule has 2 aromatic carbocycles. The quantitative estimate of drug-likeness (QED) is 0.189. The van der Waals surface area contributed by atoms with Crippen molar-refractivity contribution in [2.45, 2.75) is 57.0 Å². The lowest BCUT2D eigenvalue weighted by molar-refractivity contribution is -0.345. The Balaban J connectivity index is 1.14. The first-order valence-corrected chi connectivity index (χ1v) is 16.8. The third-order valence-electron chi connectivity index (χ3n) is 10.4. The average Bonchev–Trinajstić information content (AvgIpc) is 3.88. The number of fused-ring (bicyclic) bond motifs is 3. The van der Waals surface area contributed by atoms with Crippen LogP contribution in [0.4, 0.5) is 27.8 Å². The summed E-state index contributed by atoms with van der Waals surface area (Å²) in [6, 6.07) is 8.36. The molecule has 4 aliphatic rings. The van der Waals surface area contributed by atoms with Crippen molar-refractivity contribution in [1.82, 2.24) is 25.2 Å². The molecule has 1 N–H and O–H groups in total. The number of terminal acetylenes is 1. The zero-order valence-corrected chi connectivity index (χ0v) is 26.8. The van der Waals surface area contributed by atoms with Gasteiger partial charge in [-0.05, 0) is 50.0 Å². The summed E-state index contributed by atoms with van der Waals surface area (Å²) < 4.78 is 80.5. The van der Waals surface area contributed by atoms with E-state index in [1.165, 1.54) is 6.07 Å². The molecule has 2 aromatic heterocycles. The SMILES string of the molecule is C#Cc1c(F)ccc2cccc(-c3nc4c5c(nc(OCC6(CN7CCC(OC(F)(F)F)CC7)CC6)nc5c3F)N3CCNCC3CC4)c12. The van der Waals surface area contributed by atoms with Gasteiger partial charge in [0.05, 0.1) is 29.4 Å². The highest BCUT2D eigenvalue weighted by Gasteiger charge is 2.46. The monoisotopic (exact) mass is 678 g/mol. The molecule has 8 nitrogen and oxygen atoms in total. The smallest absolute Gasteiger partial charge is 0.463 e. The molecule has 3 aliphatic heterocycles. The Kier molecular flexibility index (Phi) is 8.08. The summed E-state index contributed by atoms with van der Waals surface area (Å²) in [7, 11) is 0. The van der Waals surface area contributed by atoms with Crippen LogP contribution in [0.1, 0.15) is 43.4 Å². The fourth-order valence-corrected chi connectivity index (χ4v) is 7.72. The summed E-state index contributed by atoms with van der Waals surface area (Å²) in [5.41, 5.74) is 1.03.